The molecule has 0 unspecified atom stereocenters. The maximum absolute atomic E-state index is 6.08. The van der Waals surface area contributed by atoms with Gasteiger partial charge in [-0.3, -0.25) is 0 Å². The van der Waals surface area contributed by atoms with Crippen LogP contribution in [0.5, 0.6) is 11.5 Å². The zero-order valence-corrected chi connectivity index (χ0v) is 20.7. The van der Waals surface area contributed by atoms with Gasteiger partial charge in [0.2, 0.25) is 0 Å². The van der Waals surface area contributed by atoms with Gasteiger partial charge in [0.25, 0.3) is 0 Å². The van der Waals surface area contributed by atoms with Crippen LogP contribution < -0.4 is 14.8 Å². The average Bonchev–Trinajstić information content (AvgIpc) is 2.80. The van der Waals surface area contributed by atoms with Gasteiger partial charge in [0.15, 0.2) is 0 Å². The number of rotatable bonds is 16. The first-order valence-corrected chi connectivity index (χ1v) is 12.0. The van der Waals surface area contributed by atoms with Gasteiger partial charge < -0.3 is 19.6 Å². The standard InChI is InChI=1S/C28H40N2O3/c1-5-6-17-32-27-19-23(2)28(24(3)20-27)33-18-13-8-7-12-16-29-22-26(30-31-4)21-25-14-10-9-11-15-25/h5-6,9-11,14-15,19-20,29H,7-8,12-13,16-18,21-22H2,1-4H3/b6-5+,30-26+. The van der Waals surface area contributed by atoms with Crippen LogP contribution in [0.3, 0.4) is 0 Å². The molecule has 2 aromatic carbocycles. The van der Waals surface area contributed by atoms with Gasteiger partial charge in [-0.15, -0.1) is 0 Å². The summed E-state index contributed by atoms with van der Waals surface area (Å²) in [4.78, 5) is 5.00. The van der Waals surface area contributed by atoms with Crippen LogP contribution in [-0.2, 0) is 11.3 Å². The molecule has 33 heavy (non-hydrogen) atoms. The van der Waals surface area contributed by atoms with Crippen molar-refractivity contribution in [2.45, 2.75) is 52.9 Å². The molecule has 0 aliphatic carbocycles. The van der Waals surface area contributed by atoms with Crippen molar-refractivity contribution in [1.29, 1.82) is 0 Å². The molecular formula is C28H40N2O3. The van der Waals surface area contributed by atoms with E-state index < -0.39 is 0 Å². The van der Waals surface area contributed by atoms with Gasteiger partial charge in [-0.2, -0.15) is 0 Å². The van der Waals surface area contributed by atoms with Crippen LogP contribution in [0, 0.1) is 13.8 Å². The van der Waals surface area contributed by atoms with E-state index in [1.165, 1.54) is 12.0 Å². The Kier molecular flexibility index (Phi) is 12.8. The van der Waals surface area contributed by atoms with Crippen LogP contribution in [0.1, 0.15) is 49.3 Å². The largest absolute Gasteiger partial charge is 0.493 e. The lowest BCUT2D eigenvalue weighted by atomic mass is 10.1. The van der Waals surface area contributed by atoms with Gasteiger partial charge in [-0.25, -0.2) is 0 Å². The molecule has 5 nitrogen and oxygen atoms in total. The molecule has 0 saturated carbocycles. The third kappa shape index (κ3) is 10.6. The number of nitrogens with zero attached hydrogens (tertiary/aromatic N) is 1. The third-order valence-corrected chi connectivity index (χ3v) is 5.31. The minimum absolute atomic E-state index is 0.595. The fourth-order valence-electron chi connectivity index (χ4n) is 3.66. The molecule has 0 aromatic heterocycles. The molecule has 0 heterocycles. The average molecular weight is 453 g/mol. The summed E-state index contributed by atoms with van der Waals surface area (Å²) in [5.41, 5.74) is 4.51. The Labute approximate surface area is 199 Å². The molecule has 1 N–H and O–H groups in total. The first-order valence-electron chi connectivity index (χ1n) is 12.0. The van der Waals surface area contributed by atoms with Gasteiger partial charge in [0.05, 0.1) is 12.3 Å². The molecule has 0 amide bonds. The van der Waals surface area contributed by atoms with E-state index in [9.17, 15) is 0 Å². The summed E-state index contributed by atoms with van der Waals surface area (Å²) < 4.78 is 11.8. The van der Waals surface area contributed by atoms with Crippen LogP contribution in [0.2, 0.25) is 0 Å². The summed E-state index contributed by atoms with van der Waals surface area (Å²) in [6, 6.07) is 14.5. The van der Waals surface area contributed by atoms with Crippen LogP contribution >= 0.6 is 0 Å². The highest BCUT2D eigenvalue weighted by Crippen LogP contribution is 2.28. The predicted octanol–water partition coefficient (Wildman–Crippen LogP) is 6.03. The lowest BCUT2D eigenvalue weighted by Gasteiger charge is -2.14. The normalized spacial score (nSPS) is 11.7. The number of aryl methyl sites for hydroxylation is 2. The maximum Gasteiger partial charge on any atom is 0.125 e. The summed E-state index contributed by atoms with van der Waals surface area (Å²) in [5, 5.41) is 7.66. The number of nitrogens with one attached hydrogen (secondary N) is 1. The Morgan fingerprint density at radius 1 is 0.970 bits per heavy atom. The van der Waals surface area contributed by atoms with Crippen LogP contribution in [-0.4, -0.2) is 39.1 Å². The predicted molar refractivity (Wildman–Crippen MR) is 138 cm³/mol. The molecule has 0 aliphatic heterocycles. The summed E-state index contributed by atoms with van der Waals surface area (Å²) in [6.45, 7) is 9.22. The zero-order chi connectivity index (χ0) is 23.7. The van der Waals surface area contributed by atoms with Crippen molar-refractivity contribution in [2.24, 2.45) is 5.16 Å². The van der Waals surface area contributed by atoms with E-state index in [2.05, 4.69) is 60.7 Å². The lowest BCUT2D eigenvalue weighted by Crippen LogP contribution is -2.25. The fourth-order valence-corrected chi connectivity index (χ4v) is 3.66. The highest BCUT2D eigenvalue weighted by molar-refractivity contribution is 5.87. The molecule has 2 aromatic rings. The molecule has 0 bridgehead atoms. The van der Waals surface area contributed by atoms with Crippen LogP contribution in [0.15, 0.2) is 59.8 Å². The van der Waals surface area contributed by atoms with Gasteiger partial charge in [-0.1, -0.05) is 60.5 Å². The van der Waals surface area contributed by atoms with E-state index in [-0.39, 0.29) is 0 Å². The second-order valence-corrected chi connectivity index (χ2v) is 8.21. The van der Waals surface area contributed by atoms with E-state index in [0.717, 1.165) is 73.7 Å². The van der Waals surface area contributed by atoms with Crippen molar-refractivity contribution in [2.75, 3.05) is 33.4 Å². The number of unbranched alkanes of at least 4 members (excludes halogenated alkanes) is 3. The van der Waals surface area contributed by atoms with Gasteiger partial charge in [-0.05, 0) is 69.0 Å². The van der Waals surface area contributed by atoms with Gasteiger partial charge in [0.1, 0.15) is 25.2 Å². The van der Waals surface area contributed by atoms with E-state index in [0.29, 0.717) is 6.61 Å². The molecule has 2 rings (SSSR count). The van der Waals surface area contributed by atoms with Crippen molar-refractivity contribution >= 4 is 5.71 Å². The first-order chi connectivity index (χ1) is 16.1. The molecule has 5 heteroatoms. The van der Waals surface area contributed by atoms with E-state index in [4.69, 9.17) is 14.3 Å². The monoisotopic (exact) mass is 452 g/mol. The smallest absolute Gasteiger partial charge is 0.125 e. The SMILES string of the molecule is C/C=C/COc1cc(C)c(OCCCCCCNC/C(Cc2ccccc2)=N/OC)c(C)c1. The summed E-state index contributed by atoms with van der Waals surface area (Å²) >= 11 is 0. The molecule has 0 spiro atoms. The number of hydrogen-bond acceptors (Lipinski definition) is 5. The molecule has 0 radical (unpaired) electrons. The summed E-state index contributed by atoms with van der Waals surface area (Å²) in [6.07, 6.45) is 9.34. The van der Waals surface area contributed by atoms with Crippen molar-refractivity contribution in [3.63, 3.8) is 0 Å². The Morgan fingerprint density at radius 2 is 1.70 bits per heavy atom. The molecular weight excluding hydrogens is 412 g/mol. The second-order valence-electron chi connectivity index (χ2n) is 8.21. The van der Waals surface area contributed by atoms with Crippen molar-refractivity contribution < 1.29 is 14.3 Å². The number of benzene rings is 2. The maximum atomic E-state index is 6.08. The second kappa shape index (κ2) is 15.9. The van der Waals surface area contributed by atoms with Crippen molar-refractivity contribution in [3.05, 3.63) is 71.3 Å². The molecule has 0 saturated heterocycles. The molecule has 0 fully saturated rings. The Morgan fingerprint density at radius 3 is 2.39 bits per heavy atom. The topological polar surface area (TPSA) is 52.1 Å². The van der Waals surface area contributed by atoms with Crippen LogP contribution in [0.4, 0.5) is 0 Å². The Hall–Kier alpha value is -2.79. The first kappa shape index (κ1) is 26.5. The fraction of sp³-hybridized carbons (Fsp3) is 0.464. The molecule has 180 valence electrons. The zero-order valence-electron chi connectivity index (χ0n) is 20.7. The quantitative estimate of drug-likeness (QED) is 0.146. The van der Waals surface area contributed by atoms with Gasteiger partial charge >= 0.3 is 0 Å². The summed E-state index contributed by atoms with van der Waals surface area (Å²) in [5.74, 6) is 1.88. The highest BCUT2D eigenvalue weighted by atomic mass is 16.6. The highest BCUT2D eigenvalue weighted by Gasteiger charge is 2.07. The number of hydrogen-bond donors (Lipinski definition) is 1. The van der Waals surface area contributed by atoms with Crippen LogP contribution in [0.25, 0.3) is 0 Å². The van der Waals surface area contributed by atoms with E-state index in [1.807, 2.05) is 25.1 Å². The summed E-state index contributed by atoms with van der Waals surface area (Å²) in [7, 11) is 1.60. The third-order valence-electron chi connectivity index (χ3n) is 5.31. The number of oxime groups is 1. The van der Waals surface area contributed by atoms with E-state index in [1.54, 1.807) is 7.11 Å². The minimum Gasteiger partial charge on any atom is -0.493 e. The Bertz CT molecular complexity index is 840. The molecule has 0 aliphatic rings. The van der Waals surface area contributed by atoms with Crippen molar-refractivity contribution in [1.82, 2.24) is 5.32 Å². The van der Waals surface area contributed by atoms with Gasteiger partial charge in [0, 0.05) is 13.0 Å². The van der Waals surface area contributed by atoms with Crippen molar-refractivity contribution in [3.8, 4) is 11.5 Å². The molecule has 0 atom stereocenters. The van der Waals surface area contributed by atoms with E-state index >= 15 is 0 Å². The number of ether oxygens (including phenoxy) is 2. The lowest BCUT2D eigenvalue weighted by molar-refractivity contribution is 0.212. The Balaban J connectivity index is 1.59. The number of allylic oxidation sites excluding steroid dienone is 1. The minimum atomic E-state index is 0.595.